The molecule has 1 amide bonds. The summed E-state index contributed by atoms with van der Waals surface area (Å²) in [6, 6.07) is 14.0. The van der Waals surface area contributed by atoms with Crippen molar-refractivity contribution in [3.05, 3.63) is 54.1 Å². The molecule has 0 aliphatic carbocycles. The molecule has 0 saturated heterocycles. The van der Waals surface area contributed by atoms with E-state index in [0.717, 1.165) is 0 Å². The molecule has 0 bridgehead atoms. The Morgan fingerprint density at radius 3 is 1.92 bits per heavy atom. The van der Waals surface area contributed by atoms with Gasteiger partial charge in [0.05, 0.1) is 27.0 Å². The quantitative estimate of drug-likeness (QED) is 0.660. The Morgan fingerprint density at radius 1 is 0.846 bits per heavy atom. The molecule has 1 aromatic heterocycles. The van der Waals surface area contributed by atoms with Crippen LogP contribution >= 0.6 is 11.3 Å². The third kappa shape index (κ3) is 3.60. The number of ether oxygens (including phenoxy) is 3. The largest absolute Gasteiger partial charge is 0.497 e. The van der Waals surface area contributed by atoms with Crippen LogP contribution in [0.15, 0.2) is 48.5 Å². The van der Waals surface area contributed by atoms with Crippen LogP contribution in [0.3, 0.4) is 0 Å². The highest BCUT2D eigenvalue weighted by Gasteiger charge is 2.24. The van der Waals surface area contributed by atoms with Crippen LogP contribution in [0.4, 0.5) is 10.8 Å². The van der Waals surface area contributed by atoms with Gasteiger partial charge in [0, 0.05) is 5.56 Å². The van der Waals surface area contributed by atoms with E-state index in [1.165, 1.54) is 23.3 Å². The molecule has 0 radical (unpaired) electrons. The van der Waals surface area contributed by atoms with Gasteiger partial charge in [-0.3, -0.25) is 9.69 Å². The Morgan fingerprint density at radius 2 is 1.42 bits per heavy atom. The lowest BCUT2D eigenvalue weighted by Crippen LogP contribution is -2.25. The lowest BCUT2D eigenvalue weighted by Gasteiger charge is -2.20. The van der Waals surface area contributed by atoms with Crippen molar-refractivity contribution in [2.45, 2.75) is 0 Å². The topological polar surface area (TPSA) is 73.8 Å². The average molecular weight is 371 g/mol. The molecule has 0 unspecified atom stereocenters. The fourth-order valence-electron chi connectivity index (χ4n) is 2.28. The monoisotopic (exact) mass is 371 g/mol. The third-order valence-corrected chi connectivity index (χ3v) is 4.50. The van der Waals surface area contributed by atoms with Crippen LogP contribution in [0.5, 0.6) is 16.7 Å². The van der Waals surface area contributed by atoms with Gasteiger partial charge < -0.3 is 14.2 Å². The number of benzene rings is 2. The molecule has 2 aromatic carbocycles. The molecule has 8 heteroatoms. The van der Waals surface area contributed by atoms with E-state index in [2.05, 4.69) is 10.2 Å². The molecule has 1 heterocycles. The minimum Gasteiger partial charge on any atom is -0.497 e. The summed E-state index contributed by atoms with van der Waals surface area (Å²) in [6.45, 7) is 0. The van der Waals surface area contributed by atoms with Crippen molar-refractivity contribution < 1.29 is 19.0 Å². The lowest BCUT2D eigenvalue weighted by atomic mass is 10.1. The van der Waals surface area contributed by atoms with Gasteiger partial charge in [-0.1, -0.05) is 5.10 Å². The average Bonchev–Trinajstić information content (AvgIpc) is 3.17. The van der Waals surface area contributed by atoms with Crippen molar-refractivity contribution in [2.75, 3.05) is 26.2 Å². The number of carbonyl (C=O) groups excluding carboxylic acids is 1. The second-order valence-electron chi connectivity index (χ2n) is 5.12. The molecular weight excluding hydrogens is 354 g/mol. The van der Waals surface area contributed by atoms with Gasteiger partial charge in [0.25, 0.3) is 11.1 Å². The summed E-state index contributed by atoms with van der Waals surface area (Å²) in [7, 11) is 4.67. The molecule has 0 aliphatic heterocycles. The van der Waals surface area contributed by atoms with E-state index in [1.54, 1.807) is 62.8 Å². The van der Waals surface area contributed by atoms with Crippen molar-refractivity contribution in [3.8, 4) is 16.7 Å². The molecule has 0 aliphatic rings. The van der Waals surface area contributed by atoms with Crippen LogP contribution in [0.25, 0.3) is 0 Å². The fraction of sp³-hybridized carbons (Fsp3) is 0.167. The van der Waals surface area contributed by atoms with Crippen LogP contribution in [0.1, 0.15) is 10.4 Å². The van der Waals surface area contributed by atoms with E-state index < -0.39 is 0 Å². The van der Waals surface area contributed by atoms with E-state index in [0.29, 0.717) is 33.1 Å². The highest BCUT2D eigenvalue weighted by Crippen LogP contribution is 2.33. The van der Waals surface area contributed by atoms with Gasteiger partial charge in [0.15, 0.2) is 0 Å². The number of methoxy groups -OCH3 is 3. The first-order chi connectivity index (χ1) is 12.7. The molecule has 0 saturated carbocycles. The number of amides is 1. The normalized spacial score (nSPS) is 10.3. The van der Waals surface area contributed by atoms with Crippen LogP contribution in [0, 0.1) is 0 Å². The van der Waals surface area contributed by atoms with Gasteiger partial charge in [-0.25, -0.2) is 0 Å². The zero-order valence-electron chi connectivity index (χ0n) is 14.5. The minimum atomic E-state index is -0.239. The molecule has 3 aromatic rings. The minimum absolute atomic E-state index is 0.239. The molecule has 0 atom stereocenters. The molecule has 26 heavy (non-hydrogen) atoms. The zero-order chi connectivity index (χ0) is 18.5. The lowest BCUT2D eigenvalue weighted by molar-refractivity contribution is 0.0999. The number of hydrogen-bond donors (Lipinski definition) is 0. The van der Waals surface area contributed by atoms with Crippen LogP contribution < -0.4 is 19.1 Å². The van der Waals surface area contributed by atoms with E-state index in [4.69, 9.17) is 14.2 Å². The highest BCUT2D eigenvalue weighted by molar-refractivity contribution is 7.17. The Bertz CT molecular complexity index is 878. The van der Waals surface area contributed by atoms with Crippen LogP contribution in [0.2, 0.25) is 0 Å². The highest BCUT2D eigenvalue weighted by atomic mass is 32.1. The van der Waals surface area contributed by atoms with Crippen molar-refractivity contribution in [3.63, 3.8) is 0 Å². The molecule has 0 spiro atoms. The summed E-state index contributed by atoms with van der Waals surface area (Å²) < 4.78 is 15.4. The molecule has 3 rings (SSSR count). The van der Waals surface area contributed by atoms with Crippen LogP contribution in [-0.2, 0) is 0 Å². The summed E-state index contributed by atoms with van der Waals surface area (Å²) in [6.07, 6.45) is 0. The van der Waals surface area contributed by atoms with Gasteiger partial charge in [-0.15, -0.1) is 5.10 Å². The zero-order valence-corrected chi connectivity index (χ0v) is 15.3. The molecule has 7 nitrogen and oxygen atoms in total. The summed E-state index contributed by atoms with van der Waals surface area (Å²) in [5.41, 5.74) is 1.14. The van der Waals surface area contributed by atoms with Crippen molar-refractivity contribution in [1.82, 2.24) is 10.2 Å². The first-order valence-corrected chi connectivity index (χ1v) is 8.48. The number of nitrogens with zero attached hydrogens (tertiary/aromatic N) is 3. The standard InChI is InChI=1S/C18H17N3O4S/c1-23-14-8-4-12(5-9-14)16(22)21(17-19-20-18(25-3)26-17)13-6-10-15(24-2)11-7-13/h4-11H,1-3H3. The van der Waals surface area contributed by atoms with Crippen LogP contribution in [-0.4, -0.2) is 37.4 Å². The number of aromatic nitrogens is 2. The van der Waals surface area contributed by atoms with E-state index in [9.17, 15) is 4.79 Å². The van der Waals surface area contributed by atoms with Gasteiger partial charge in [-0.2, -0.15) is 0 Å². The Labute approximate surface area is 154 Å². The first kappa shape index (κ1) is 17.7. The molecule has 0 N–H and O–H groups in total. The summed E-state index contributed by atoms with van der Waals surface area (Å²) in [4.78, 5) is 14.6. The van der Waals surface area contributed by atoms with Crippen molar-refractivity contribution in [1.29, 1.82) is 0 Å². The Balaban J connectivity index is 2.01. The molecular formula is C18H17N3O4S. The maximum Gasteiger partial charge on any atom is 0.295 e. The third-order valence-electron chi connectivity index (χ3n) is 3.63. The number of anilines is 2. The second kappa shape index (κ2) is 7.83. The predicted octanol–water partition coefficient (Wildman–Crippen LogP) is 3.54. The van der Waals surface area contributed by atoms with Gasteiger partial charge >= 0.3 is 0 Å². The van der Waals surface area contributed by atoms with Gasteiger partial charge in [0.2, 0.25) is 5.13 Å². The maximum absolute atomic E-state index is 13.1. The van der Waals surface area contributed by atoms with E-state index >= 15 is 0 Å². The van der Waals surface area contributed by atoms with Crippen molar-refractivity contribution >= 4 is 28.1 Å². The fourth-order valence-corrected chi connectivity index (χ4v) is 2.97. The maximum atomic E-state index is 13.1. The summed E-state index contributed by atoms with van der Waals surface area (Å²) in [5, 5.41) is 8.79. The molecule has 0 fully saturated rings. The van der Waals surface area contributed by atoms with E-state index in [-0.39, 0.29) is 5.91 Å². The van der Waals surface area contributed by atoms with Gasteiger partial charge in [0.1, 0.15) is 11.5 Å². The van der Waals surface area contributed by atoms with Crippen molar-refractivity contribution in [2.24, 2.45) is 0 Å². The molecule has 134 valence electrons. The summed E-state index contributed by atoms with van der Waals surface area (Å²) >= 11 is 1.18. The number of rotatable bonds is 6. The number of carbonyl (C=O) groups is 1. The second-order valence-corrected chi connectivity index (χ2v) is 6.04. The smallest absolute Gasteiger partial charge is 0.295 e. The predicted molar refractivity (Wildman–Crippen MR) is 98.9 cm³/mol. The first-order valence-electron chi connectivity index (χ1n) is 7.66. The SMILES string of the molecule is COc1ccc(C(=O)N(c2ccc(OC)cc2)c2nnc(OC)s2)cc1. The number of hydrogen-bond acceptors (Lipinski definition) is 7. The Kier molecular flexibility index (Phi) is 5.33. The van der Waals surface area contributed by atoms with Gasteiger partial charge in [-0.05, 0) is 59.9 Å². The van der Waals surface area contributed by atoms with E-state index in [1.807, 2.05) is 0 Å². The summed E-state index contributed by atoms with van der Waals surface area (Å²) in [5.74, 6) is 1.13. The Hall–Kier alpha value is -3.13.